The Morgan fingerprint density at radius 3 is 1.47 bits per heavy atom. The zero-order valence-electron chi connectivity index (χ0n) is 17.7. The molecule has 0 aromatic heterocycles. The van der Waals surface area contributed by atoms with E-state index < -0.39 is 25.8 Å². The summed E-state index contributed by atoms with van der Waals surface area (Å²) in [4.78, 5) is 25.6. The highest BCUT2D eigenvalue weighted by atomic mass is 28.4. The molecule has 1 aliphatic heterocycles. The van der Waals surface area contributed by atoms with E-state index in [-0.39, 0.29) is 6.42 Å². The number of para-hydroxylation sites is 3. The second-order valence-electron chi connectivity index (χ2n) is 7.57. The lowest BCUT2D eigenvalue weighted by atomic mass is 10.0. The average Bonchev–Trinajstić information content (AvgIpc) is 3.10. The van der Waals surface area contributed by atoms with Crippen molar-refractivity contribution in [3.63, 3.8) is 0 Å². The molecule has 0 saturated carbocycles. The molecule has 6 nitrogen and oxygen atoms in total. The highest BCUT2D eigenvalue weighted by Gasteiger charge is 2.76. The first-order chi connectivity index (χ1) is 15.6. The van der Waals surface area contributed by atoms with Gasteiger partial charge in [0.05, 0.1) is 6.42 Å². The molecule has 1 heterocycles. The minimum absolute atomic E-state index is 0.168. The number of cyclic esters (lactones) is 2. The highest BCUT2D eigenvalue weighted by Crippen LogP contribution is 2.52. The molecule has 0 bridgehead atoms. The Labute approximate surface area is 188 Å². The minimum atomic E-state index is -4.06. The Hall–Kier alpha value is -3.58. The molecule has 164 valence electrons. The summed E-state index contributed by atoms with van der Waals surface area (Å²) in [6, 6.07) is 27.1. The lowest BCUT2D eigenvalue weighted by Gasteiger charge is -2.39. The van der Waals surface area contributed by atoms with Crippen LogP contribution in [0.25, 0.3) is 0 Å². The van der Waals surface area contributed by atoms with E-state index in [9.17, 15) is 9.59 Å². The van der Waals surface area contributed by atoms with Crippen LogP contribution in [0.1, 0.15) is 26.2 Å². The van der Waals surface area contributed by atoms with E-state index in [0.29, 0.717) is 30.1 Å². The minimum Gasteiger partial charge on any atom is -0.483 e. The van der Waals surface area contributed by atoms with Crippen molar-refractivity contribution in [2.24, 2.45) is 0 Å². The maximum atomic E-state index is 13.3. The van der Waals surface area contributed by atoms with Crippen LogP contribution in [0.3, 0.4) is 0 Å². The van der Waals surface area contributed by atoms with Gasteiger partial charge in [0.25, 0.3) is 0 Å². The molecular weight excluding hydrogens is 424 g/mol. The standard InChI is InChI=1S/C25H24O6Si/c1-2-18-25(19-23(26)28-24(25)27)32(29-20-12-6-3-7-13-20,30-21-14-8-4-9-15-21)31-22-16-10-5-11-17-22/h3-17H,2,18-19H2,1H3. The van der Waals surface area contributed by atoms with E-state index in [0.717, 1.165) is 0 Å². The molecule has 4 rings (SSSR count). The quantitative estimate of drug-likeness (QED) is 0.255. The van der Waals surface area contributed by atoms with Gasteiger partial charge in [0.15, 0.2) is 5.04 Å². The van der Waals surface area contributed by atoms with Crippen LogP contribution in [-0.4, -0.2) is 20.7 Å². The number of benzene rings is 3. The molecule has 1 atom stereocenters. The lowest BCUT2D eigenvalue weighted by molar-refractivity contribution is -0.153. The predicted octanol–water partition coefficient (Wildman–Crippen LogP) is 5.18. The predicted molar refractivity (Wildman–Crippen MR) is 120 cm³/mol. The van der Waals surface area contributed by atoms with Gasteiger partial charge in [-0.15, -0.1) is 0 Å². The summed E-state index contributed by atoms with van der Waals surface area (Å²) < 4.78 is 24.6. The normalized spacial score (nSPS) is 18.2. The summed E-state index contributed by atoms with van der Waals surface area (Å²) in [5.41, 5.74) is 0. The van der Waals surface area contributed by atoms with E-state index in [1.54, 1.807) is 36.4 Å². The third-order valence-electron chi connectivity index (χ3n) is 5.29. The monoisotopic (exact) mass is 448 g/mol. The Balaban J connectivity index is 1.91. The van der Waals surface area contributed by atoms with Crippen LogP contribution in [0.15, 0.2) is 91.0 Å². The van der Waals surface area contributed by atoms with Crippen molar-refractivity contribution in [1.29, 1.82) is 0 Å². The van der Waals surface area contributed by atoms with Crippen molar-refractivity contribution in [3.05, 3.63) is 91.0 Å². The summed E-state index contributed by atoms with van der Waals surface area (Å²) >= 11 is 0. The van der Waals surface area contributed by atoms with Crippen LogP contribution in [0.4, 0.5) is 0 Å². The Morgan fingerprint density at radius 2 is 1.16 bits per heavy atom. The first-order valence-corrected chi connectivity index (χ1v) is 12.3. The lowest BCUT2D eigenvalue weighted by Crippen LogP contribution is -2.65. The van der Waals surface area contributed by atoms with Gasteiger partial charge in [-0.3, -0.25) is 9.59 Å². The second-order valence-corrected chi connectivity index (χ2v) is 10.3. The SMILES string of the molecule is CCCC1([Si](Oc2ccccc2)(Oc2ccccc2)Oc2ccccc2)CC(=O)OC1=O. The number of hydrogen-bond donors (Lipinski definition) is 0. The third-order valence-corrected chi connectivity index (χ3v) is 8.61. The average molecular weight is 449 g/mol. The Bertz CT molecular complexity index is 956. The Morgan fingerprint density at radius 1 is 0.750 bits per heavy atom. The first kappa shape index (κ1) is 21.6. The van der Waals surface area contributed by atoms with Crippen molar-refractivity contribution in [1.82, 2.24) is 0 Å². The Kier molecular flexibility index (Phi) is 6.27. The molecule has 1 saturated heterocycles. The van der Waals surface area contributed by atoms with Gasteiger partial charge in [-0.2, -0.15) is 0 Å². The van der Waals surface area contributed by atoms with E-state index in [1.807, 2.05) is 61.5 Å². The van der Waals surface area contributed by atoms with Crippen molar-refractivity contribution in [2.45, 2.75) is 31.2 Å². The van der Waals surface area contributed by atoms with E-state index in [4.69, 9.17) is 18.0 Å². The molecule has 0 spiro atoms. The van der Waals surface area contributed by atoms with Gasteiger partial charge < -0.3 is 18.0 Å². The van der Waals surface area contributed by atoms with Crippen LogP contribution in [0.5, 0.6) is 17.2 Å². The van der Waals surface area contributed by atoms with Gasteiger partial charge in [0, 0.05) is 0 Å². The van der Waals surface area contributed by atoms with Crippen LogP contribution in [0.2, 0.25) is 5.04 Å². The van der Waals surface area contributed by atoms with E-state index >= 15 is 0 Å². The fraction of sp³-hybridized carbons (Fsp3) is 0.200. The number of carbonyl (C=O) groups is 2. The molecule has 0 amide bonds. The summed E-state index contributed by atoms with van der Waals surface area (Å²) in [6.45, 7) is 1.94. The fourth-order valence-electron chi connectivity index (χ4n) is 3.85. The molecule has 3 aromatic rings. The van der Waals surface area contributed by atoms with Crippen molar-refractivity contribution in [2.75, 3.05) is 0 Å². The number of ether oxygens (including phenoxy) is 1. The van der Waals surface area contributed by atoms with E-state index in [1.165, 1.54) is 0 Å². The largest absolute Gasteiger partial charge is 0.718 e. The van der Waals surface area contributed by atoms with Crippen molar-refractivity contribution >= 4 is 20.7 Å². The van der Waals surface area contributed by atoms with Crippen LogP contribution in [-0.2, 0) is 14.3 Å². The molecule has 0 N–H and O–H groups in total. The van der Waals surface area contributed by atoms with Crippen LogP contribution in [0, 0.1) is 0 Å². The van der Waals surface area contributed by atoms with Gasteiger partial charge >= 0.3 is 20.7 Å². The zero-order chi connectivity index (χ0) is 22.4. The molecule has 1 unspecified atom stereocenters. The molecule has 0 aliphatic carbocycles. The smallest absolute Gasteiger partial charge is 0.483 e. The third kappa shape index (κ3) is 4.24. The van der Waals surface area contributed by atoms with Gasteiger partial charge in [-0.1, -0.05) is 67.9 Å². The molecule has 1 aliphatic rings. The van der Waals surface area contributed by atoms with Crippen LogP contribution >= 0.6 is 0 Å². The number of esters is 2. The second kappa shape index (κ2) is 9.28. The first-order valence-electron chi connectivity index (χ1n) is 10.5. The van der Waals surface area contributed by atoms with Gasteiger partial charge in [0.2, 0.25) is 0 Å². The summed E-state index contributed by atoms with van der Waals surface area (Å²) in [6.07, 6.45) is 0.750. The number of rotatable bonds is 9. The maximum Gasteiger partial charge on any atom is 0.718 e. The molecule has 32 heavy (non-hydrogen) atoms. The fourth-order valence-corrected chi connectivity index (χ4v) is 7.11. The molecular formula is C25H24O6Si. The van der Waals surface area contributed by atoms with Gasteiger partial charge in [-0.25, -0.2) is 0 Å². The summed E-state index contributed by atoms with van der Waals surface area (Å²) in [5, 5.41) is -1.39. The molecule has 7 heteroatoms. The van der Waals surface area contributed by atoms with E-state index in [2.05, 4.69) is 0 Å². The number of carbonyl (C=O) groups excluding carboxylic acids is 2. The maximum absolute atomic E-state index is 13.3. The van der Waals surface area contributed by atoms with Crippen molar-refractivity contribution < 1.29 is 27.6 Å². The molecule has 3 aromatic carbocycles. The highest BCUT2D eigenvalue weighted by molar-refractivity contribution is 6.71. The van der Waals surface area contributed by atoms with Gasteiger partial charge in [0.1, 0.15) is 17.2 Å². The summed E-state index contributed by atoms with van der Waals surface area (Å²) in [7, 11) is -4.06. The number of hydrogen-bond acceptors (Lipinski definition) is 6. The molecule has 0 radical (unpaired) electrons. The van der Waals surface area contributed by atoms with Crippen molar-refractivity contribution in [3.8, 4) is 17.2 Å². The summed E-state index contributed by atoms with van der Waals surface area (Å²) in [5.74, 6) is 0.167. The molecule has 1 fully saturated rings. The van der Waals surface area contributed by atoms with Gasteiger partial charge in [-0.05, 0) is 42.8 Å². The topological polar surface area (TPSA) is 71.1 Å². The zero-order valence-corrected chi connectivity index (χ0v) is 18.7. The van der Waals surface area contributed by atoms with Crippen LogP contribution < -0.4 is 13.3 Å².